The number of rotatable bonds is 8. The summed E-state index contributed by atoms with van der Waals surface area (Å²) in [4.78, 5) is 27.6. The van der Waals surface area contributed by atoms with Crippen molar-refractivity contribution in [3.8, 4) is 0 Å². The van der Waals surface area contributed by atoms with Crippen LogP contribution in [0.4, 0.5) is 4.79 Å². The number of alkyl carbamates (subject to hydrolysis) is 1. The van der Waals surface area contributed by atoms with Crippen molar-refractivity contribution in [1.82, 2.24) is 10.6 Å². The summed E-state index contributed by atoms with van der Waals surface area (Å²) in [6, 6.07) is 16.6. The fourth-order valence-corrected chi connectivity index (χ4v) is 2.52. The van der Waals surface area contributed by atoms with Gasteiger partial charge in [-0.3, -0.25) is 4.79 Å². The summed E-state index contributed by atoms with van der Waals surface area (Å²) in [7, 11) is 0. The van der Waals surface area contributed by atoms with Crippen molar-refractivity contribution in [3.63, 3.8) is 0 Å². The van der Waals surface area contributed by atoms with E-state index in [-0.39, 0.29) is 18.8 Å². The maximum absolute atomic E-state index is 12.7. The van der Waals surface area contributed by atoms with Crippen molar-refractivity contribution in [2.45, 2.75) is 32.0 Å². The Labute approximate surface area is 168 Å². The van der Waals surface area contributed by atoms with Gasteiger partial charge in [0.2, 0.25) is 17.1 Å². The molecule has 2 atom stereocenters. The maximum Gasteiger partial charge on any atom is 0.408 e. The van der Waals surface area contributed by atoms with E-state index >= 15 is 0 Å². The largest absolute Gasteiger partial charge is 0.504 e. The number of hydrogen-bond donors (Lipinski definition) is 3. The fraction of sp³-hybridized carbons (Fsp3) is 0.238. The summed E-state index contributed by atoms with van der Waals surface area (Å²) in [6.45, 7) is 1.59. The first kappa shape index (κ1) is 21.4. The molecule has 0 saturated carbocycles. The number of benzene rings is 2. The summed E-state index contributed by atoms with van der Waals surface area (Å²) >= 11 is 0. The minimum Gasteiger partial charge on any atom is -0.504 e. The molecule has 0 saturated heterocycles. The SMILES string of the molecule is C[C@H](NC(=O)[C@H](Cc1ccccc1)NC(=O)OCc1ccccc1)C(O)=C[N+]#N. The number of carbonyl (C=O) groups is 2. The number of aliphatic hydroxyl groups is 1. The molecular formula is C21H23N4O4+. The molecule has 0 fully saturated rings. The van der Waals surface area contributed by atoms with Gasteiger partial charge in [-0.1, -0.05) is 60.7 Å². The molecule has 0 aromatic heterocycles. The van der Waals surface area contributed by atoms with Crippen LogP contribution in [-0.2, 0) is 22.6 Å². The first-order valence-corrected chi connectivity index (χ1v) is 9.04. The van der Waals surface area contributed by atoms with Gasteiger partial charge in [0.05, 0.1) is 6.04 Å². The predicted molar refractivity (Wildman–Crippen MR) is 107 cm³/mol. The van der Waals surface area contributed by atoms with Crippen LogP contribution in [0.15, 0.2) is 72.6 Å². The Morgan fingerprint density at radius 2 is 1.66 bits per heavy atom. The topological polar surface area (TPSA) is 116 Å². The fourth-order valence-electron chi connectivity index (χ4n) is 2.52. The van der Waals surface area contributed by atoms with Gasteiger partial charge >= 0.3 is 12.3 Å². The first-order chi connectivity index (χ1) is 14.0. The maximum atomic E-state index is 12.7. The lowest BCUT2D eigenvalue weighted by atomic mass is 10.0. The number of amides is 2. The smallest absolute Gasteiger partial charge is 0.408 e. The quantitative estimate of drug-likeness (QED) is 0.469. The van der Waals surface area contributed by atoms with Crippen LogP contribution in [0.2, 0.25) is 0 Å². The minimum absolute atomic E-state index is 0.0737. The Kier molecular flexibility index (Phi) is 8.20. The number of nitrogens with zero attached hydrogens (tertiary/aromatic N) is 2. The van der Waals surface area contributed by atoms with Crippen molar-refractivity contribution in [2.24, 2.45) is 0 Å². The summed E-state index contributed by atoms with van der Waals surface area (Å²) in [5, 5.41) is 23.3. The third-order valence-corrected chi connectivity index (χ3v) is 4.10. The van der Waals surface area contributed by atoms with E-state index in [4.69, 9.17) is 10.1 Å². The predicted octanol–water partition coefficient (Wildman–Crippen LogP) is 3.28. The number of aliphatic hydroxyl groups excluding tert-OH is 1. The lowest BCUT2D eigenvalue weighted by Crippen LogP contribution is -2.50. The van der Waals surface area contributed by atoms with Gasteiger partial charge < -0.3 is 20.5 Å². The highest BCUT2D eigenvalue weighted by atomic mass is 16.5. The van der Waals surface area contributed by atoms with Crippen molar-refractivity contribution >= 4 is 12.0 Å². The Morgan fingerprint density at radius 1 is 1.07 bits per heavy atom. The van der Waals surface area contributed by atoms with Crippen molar-refractivity contribution in [1.29, 1.82) is 5.39 Å². The average molecular weight is 395 g/mol. The molecule has 0 spiro atoms. The minimum atomic E-state index is -0.929. The zero-order valence-corrected chi connectivity index (χ0v) is 16.0. The van der Waals surface area contributed by atoms with E-state index in [2.05, 4.69) is 15.6 Å². The summed E-state index contributed by atoms with van der Waals surface area (Å²) in [5.41, 5.74) is 1.66. The van der Waals surface area contributed by atoms with E-state index in [1.165, 1.54) is 6.92 Å². The van der Waals surface area contributed by atoms with Crippen molar-refractivity contribution < 1.29 is 19.4 Å². The molecule has 29 heavy (non-hydrogen) atoms. The second-order valence-electron chi connectivity index (χ2n) is 6.35. The van der Waals surface area contributed by atoms with Gasteiger partial charge in [0.1, 0.15) is 12.6 Å². The monoisotopic (exact) mass is 395 g/mol. The van der Waals surface area contributed by atoms with Gasteiger partial charge in [-0.05, 0) is 18.1 Å². The Balaban J connectivity index is 2.03. The molecule has 8 heteroatoms. The van der Waals surface area contributed by atoms with Crippen LogP contribution in [0.5, 0.6) is 0 Å². The average Bonchev–Trinajstić information content (AvgIpc) is 2.73. The molecule has 0 unspecified atom stereocenters. The summed E-state index contributed by atoms with van der Waals surface area (Å²) in [5.74, 6) is -0.845. The van der Waals surface area contributed by atoms with E-state index in [1.807, 2.05) is 60.7 Å². The van der Waals surface area contributed by atoms with Crippen LogP contribution in [0.25, 0.3) is 4.98 Å². The normalized spacial score (nSPS) is 12.9. The lowest BCUT2D eigenvalue weighted by molar-refractivity contribution is -0.123. The van der Waals surface area contributed by atoms with Crippen LogP contribution < -0.4 is 10.6 Å². The molecule has 0 radical (unpaired) electrons. The molecule has 8 nitrogen and oxygen atoms in total. The number of nitrogens with one attached hydrogen (secondary N) is 2. The molecule has 0 aliphatic heterocycles. The Hall–Kier alpha value is -3.86. The van der Waals surface area contributed by atoms with Crippen LogP contribution in [0.1, 0.15) is 18.1 Å². The van der Waals surface area contributed by atoms with Crippen LogP contribution >= 0.6 is 0 Å². The second-order valence-corrected chi connectivity index (χ2v) is 6.35. The molecule has 2 aromatic rings. The van der Waals surface area contributed by atoms with Gasteiger partial charge in [0, 0.05) is 6.42 Å². The third kappa shape index (κ3) is 7.34. The Bertz CT molecular complexity index is 879. The zero-order chi connectivity index (χ0) is 21.1. The van der Waals surface area contributed by atoms with E-state index in [0.717, 1.165) is 17.3 Å². The molecule has 0 aliphatic rings. The Morgan fingerprint density at radius 3 is 2.24 bits per heavy atom. The standard InChI is InChI=1S/C21H22N4O4/c1-15(19(26)13-23-22)24-20(27)18(12-16-8-4-2-5-9-16)25-21(28)29-14-17-10-6-3-7-11-17/h2-11,13,15,18H,12,14H2,1H3,(H2-,24,25,26,27,28)/p+1/t15-,18-/m0/s1. The van der Waals surface area contributed by atoms with Gasteiger partial charge in [-0.25, -0.2) is 4.79 Å². The highest BCUT2D eigenvalue weighted by molar-refractivity contribution is 5.86. The molecule has 0 aliphatic carbocycles. The van der Waals surface area contributed by atoms with Crippen LogP contribution in [0, 0.1) is 5.39 Å². The lowest BCUT2D eigenvalue weighted by Gasteiger charge is -2.20. The molecular weight excluding hydrogens is 372 g/mol. The zero-order valence-electron chi connectivity index (χ0n) is 16.0. The van der Waals surface area contributed by atoms with E-state index in [9.17, 15) is 14.7 Å². The molecule has 0 heterocycles. The molecule has 150 valence electrons. The number of carbonyl (C=O) groups excluding carboxylic acids is 2. The van der Waals surface area contributed by atoms with Gasteiger partial charge in [-0.2, -0.15) is 0 Å². The van der Waals surface area contributed by atoms with Gasteiger partial charge in [-0.15, -0.1) is 0 Å². The summed E-state index contributed by atoms with van der Waals surface area (Å²) in [6.07, 6.45) is 0.315. The highest BCUT2D eigenvalue weighted by Crippen LogP contribution is 2.07. The highest BCUT2D eigenvalue weighted by Gasteiger charge is 2.25. The van der Waals surface area contributed by atoms with Crippen LogP contribution in [0.3, 0.4) is 0 Å². The molecule has 2 rings (SSSR count). The molecule has 0 bridgehead atoms. The molecule has 2 aromatic carbocycles. The van der Waals surface area contributed by atoms with E-state index < -0.39 is 24.1 Å². The van der Waals surface area contributed by atoms with Crippen LogP contribution in [-0.4, -0.2) is 29.2 Å². The first-order valence-electron chi connectivity index (χ1n) is 9.04. The van der Waals surface area contributed by atoms with Crippen molar-refractivity contribution in [3.05, 3.63) is 88.7 Å². The molecule has 2 amide bonds. The van der Waals surface area contributed by atoms with Gasteiger partial charge in [0.25, 0.3) is 0 Å². The number of ether oxygens (including phenoxy) is 1. The third-order valence-electron chi connectivity index (χ3n) is 4.10. The van der Waals surface area contributed by atoms with E-state index in [1.54, 1.807) is 0 Å². The molecule has 3 N–H and O–H groups in total. The van der Waals surface area contributed by atoms with Gasteiger partial charge in [0.15, 0.2) is 4.98 Å². The number of hydrogen-bond acceptors (Lipinski definition) is 5. The second kappa shape index (κ2) is 11.1. The van der Waals surface area contributed by atoms with Crippen molar-refractivity contribution in [2.75, 3.05) is 0 Å². The van der Waals surface area contributed by atoms with E-state index in [0.29, 0.717) is 0 Å². The summed E-state index contributed by atoms with van der Waals surface area (Å²) < 4.78 is 5.20. The number of diazo groups is 1.